The van der Waals surface area contributed by atoms with Gasteiger partial charge in [-0.3, -0.25) is 9.78 Å². The van der Waals surface area contributed by atoms with Crippen molar-refractivity contribution in [3.8, 4) is 5.75 Å². The van der Waals surface area contributed by atoms with E-state index in [4.69, 9.17) is 0 Å². The highest BCUT2D eigenvalue weighted by Crippen LogP contribution is 2.27. The lowest BCUT2D eigenvalue weighted by molar-refractivity contribution is 0.0950. The molecule has 1 amide bonds. The van der Waals surface area contributed by atoms with Crippen LogP contribution in [0.25, 0.3) is 10.9 Å². The number of nitrogens with one attached hydrogen (secondary N) is 1. The normalized spacial score (nSPS) is 10.5. The van der Waals surface area contributed by atoms with Gasteiger partial charge in [0.05, 0.1) is 5.56 Å². The number of carbonyl (C=O) groups is 1. The van der Waals surface area contributed by atoms with Crippen molar-refractivity contribution in [1.82, 2.24) is 10.3 Å². The standard InChI is InChI=1S/C24H20N2O2.CH4/c27-23-20(14-13-19-12-7-15-25-22(19)23)24(28)26-16-21(17-8-3-1-4-9-17)18-10-5-2-6-11-18;/h1-15,21,27H,16H2,(H,26,28);1H4. The topological polar surface area (TPSA) is 62.2 Å². The summed E-state index contributed by atoms with van der Waals surface area (Å²) in [5.74, 6) is -0.388. The molecule has 0 fully saturated rings. The van der Waals surface area contributed by atoms with Crippen molar-refractivity contribution in [1.29, 1.82) is 0 Å². The van der Waals surface area contributed by atoms with Crippen LogP contribution in [-0.4, -0.2) is 22.5 Å². The fraction of sp³-hybridized carbons (Fsp3) is 0.120. The third-order valence-corrected chi connectivity index (χ3v) is 4.86. The van der Waals surface area contributed by atoms with E-state index in [2.05, 4.69) is 34.6 Å². The van der Waals surface area contributed by atoms with Gasteiger partial charge in [0.2, 0.25) is 0 Å². The predicted octanol–water partition coefficient (Wildman–Crippen LogP) is 5.14. The van der Waals surface area contributed by atoms with Gasteiger partial charge in [-0.05, 0) is 23.3 Å². The van der Waals surface area contributed by atoms with Crippen molar-refractivity contribution < 1.29 is 9.90 Å². The third kappa shape index (κ3) is 4.27. The van der Waals surface area contributed by atoms with Gasteiger partial charge in [0.1, 0.15) is 5.52 Å². The molecule has 4 nitrogen and oxygen atoms in total. The van der Waals surface area contributed by atoms with Gasteiger partial charge >= 0.3 is 0 Å². The Labute approximate surface area is 170 Å². The van der Waals surface area contributed by atoms with Crippen LogP contribution in [0.2, 0.25) is 0 Å². The summed E-state index contributed by atoms with van der Waals surface area (Å²) in [5.41, 5.74) is 2.90. The van der Waals surface area contributed by atoms with Crippen LogP contribution >= 0.6 is 0 Å². The second-order valence-electron chi connectivity index (χ2n) is 6.62. The molecule has 0 saturated heterocycles. The lowest BCUT2D eigenvalue weighted by atomic mass is 9.91. The lowest BCUT2D eigenvalue weighted by Gasteiger charge is -2.19. The Morgan fingerprint density at radius 3 is 2.10 bits per heavy atom. The summed E-state index contributed by atoms with van der Waals surface area (Å²) in [6.45, 7) is 0.423. The average molecular weight is 384 g/mol. The van der Waals surface area contributed by atoms with E-state index in [1.54, 1.807) is 24.4 Å². The average Bonchev–Trinajstić information content (AvgIpc) is 2.76. The van der Waals surface area contributed by atoms with Crippen molar-refractivity contribution in [3.63, 3.8) is 0 Å². The molecule has 29 heavy (non-hydrogen) atoms. The summed E-state index contributed by atoms with van der Waals surface area (Å²) in [5, 5.41) is 14.3. The molecular formula is C25H24N2O2. The zero-order valence-corrected chi connectivity index (χ0v) is 15.2. The molecular weight excluding hydrogens is 360 g/mol. The Hall–Kier alpha value is -3.66. The quantitative estimate of drug-likeness (QED) is 0.501. The Bertz CT molecular complexity index is 1060. The molecule has 4 aromatic rings. The van der Waals surface area contributed by atoms with Gasteiger partial charge in [0, 0.05) is 24.0 Å². The highest BCUT2D eigenvalue weighted by Gasteiger charge is 2.18. The molecule has 2 N–H and O–H groups in total. The van der Waals surface area contributed by atoms with Gasteiger partial charge in [-0.2, -0.15) is 0 Å². The number of amides is 1. The number of benzene rings is 3. The molecule has 0 saturated carbocycles. The van der Waals surface area contributed by atoms with Crippen LogP contribution < -0.4 is 5.32 Å². The summed E-state index contributed by atoms with van der Waals surface area (Å²) in [7, 11) is 0. The van der Waals surface area contributed by atoms with Gasteiger partial charge in [0.15, 0.2) is 5.75 Å². The molecule has 0 unspecified atom stereocenters. The maximum atomic E-state index is 12.8. The van der Waals surface area contributed by atoms with Gasteiger partial charge in [-0.25, -0.2) is 0 Å². The fourth-order valence-corrected chi connectivity index (χ4v) is 3.40. The first kappa shape index (κ1) is 20.1. The number of phenolic OH excluding ortho intramolecular Hbond substituents is 1. The van der Waals surface area contributed by atoms with Crippen molar-refractivity contribution in [2.45, 2.75) is 13.3 Å². The minimum absolute atomic E-state index is 0. The largest absolute Gasteiger partial charge is 0.505 e. The molecule has 4 heteroatoms. The number of rotatable bonds is 5. The van der Waals surface area contributed by atoms with Crippen LogP contribution in [0.3, 0.4) is 0 Å². The number of nitrogens with zero attached hydrogens (tertiary/aromatic N) is 1. The molecule has 0 spiro atoms. The Morgan fingerprint density at radius 2 is 1.48 bits per heavy atom. The lowest BCUT2D eigenvalue weighted by Crippen LogP contribution is -2.29. The first-order chi connectivity index (χ1) is 13.7. The minimum atomic E-state index is -0.318. The van der Waals surface area contributed by atoms with Gasteiger partial charge < -0.3 is 10.4 Å². The van der Waals surface area contributed by atoms with E-state index in [1.165, 1.54) is 0 Å². The summed E-state index contributed by atoms with van der Waals surface area (Å²) in [6, 6.07) is 27.2. The number of pyridine rings is 1. The molecule has 1 aromatic heterocycles. The molecule has 146 valence electrons. The minimum Gasteiger partial charge on any atom is -0.505 e. The van der Waals surface area contributed by atoms with Crippen LogP contribution in [0, 0.1) is 0 Å². The molecule has 3 aromatic carbocycles. The number of aromatic nitrogens is 1. The molecule has 0 bridgehead atoms. The molecule has 0 atom stereocenters. The first-order valence-corrected chi connectivity index (χ1v) is 9.19. The summed E-state index contributed by atoms with van der Waals surface area (Å²) in [4.78, 5) is 17.0. The molecule has 0 aliphatic heterocycles. The summed E-state index contributed by atoms with van der Waals surface area (Å²) in [6.07, 6.45) is 1.60. The van der Waals surface area contributed by atoms with Crippen molar-refractivity contribution in [2.75, 3.05) is 6.54 Å². The Balaban J connectivity index is 0.00000240. The van der Waals surface area contributed by atoms with E-state index in [0.717, 1.165) is 16.5 Å². The highest BCUT2D eigenvalue weighted by atomic mass is 16.3. The maximum absolute atomic E-state index is 12.8. The van der Waals surface area contributed by atoms with Crippen molar-refractivity contribution in [3.05, 3.63) is 108 Å². The number of carbonyl (C=O) groups excluding carboxylic acids is 1. The second kappa shape index (κ2) is 9.02. The molecule has 0 radical (unpaired) electrons. The number of phenols is 1. The summed E-state index contributed by atoms with van der Waals surface area (Å²) < 4.78 is 0. The zero-order valence-electron chi connectivity index (χ0n) is 15.2. The summed E-state index contributed by atoms with van der Waals surface area (Å²) >= 11 is 0. The Morgan fingerprint density at radius 1 is 0.862 bits per heavy atom. The number of hydrogen-bond acceptors (Lipinski definition) is 3. The highest BCUT2D eigenvalue weighted by molar-refractivity contribution is 6.02. The van der Waals surface area contributed by atoms with Crippen LogP contribution in [0.4, 0.5) is 0 Å². The first-order valence-electron chi connectivity index (χ1n) is 9.19. The van der Waals surface area contributed by atoms with Crippen molar-refractivity contribution in [2.24, 2.45) is 0 Å². The number of fused-ring (bicyclic) bond motifs is 1. The second-order valence-corrected chi connectivity index (χ2v) is 6.62. The zero-order chi connectivity index (χ0) is 19.3. The van der Waals surface area contributed by atoms with Gasteiger partial charge in [-0.15, -0.1) is 0 Å². The van der Waals surface area contributed by atoms with Gasteiger partial charge in [-0.1, -0.05) is 80.2 Å². The van der Waals surface area contributed by atoms with E-state index in [9.17, 15) is 9.90 Å². The van der Waals surface area contributed by atoms with Crippen LogP contribution in [0.15, 0.2) is 91.1 Å². The molecule has 0 aliphatic carbocycles. The molecule has 4 rings (SSSR count). The smallest absolute Gasteiger partial charge is 0.255 e. The molecule has 0 aliphatic rings. The maximum Gasteiger partial charge on any atom is 0.255 e. The number of aromatic hydroxyl groups is 1. The molecule has 1 heterocycles. The van der Waals surface area contributed by atoms with E-state index in [0.29, 0.717) is 12.1 Å². The van der Waals surface area contributed by atoms with E-state index < -0.39 is 0 Å². The van der Waals surface area contributed by atoms with E-state index in [-0.39, 0.29) is 30.6 Å². The Kier molecular flexibility index (Phi) is 6.25. The predicted molar refractivity (Wildman–Crippen MR) is 117 cm³/mol. The number of hydrogen-bond donors (Lipinski definition) is 2. The SMILES string of the molecule is C.O=C(NCC(c1ccccc1)c1ccccc1)c1ccc2cccnc2c1O. The van der Waals surface area contributed by atoms with E-state index >= 15 is 0 Å². The van der Waals surface area contributed by atoms with E-state index in [1.807, 2.05) is 42.5 Å². The van der Waals surface area contributed by atoms with Crippen LogP contribution in [-0.2, 0) is 0 Å². The third-order valence-electron chi connectivity index (χ3n) is 4.86. The van der Waals surface area contributed by atoms with Crippen molar-refractivity contribution >= 4 is 16.8 Å². The van der Waals surface area contributed by atoms with Crippen LogP contribution in [0.5, 0.6) is 5.75 Å². The van der Waals surface area contributed by atoms with Gasteiger partial charge in [0.25, 0.3) is 5.91 Å². The fourth-order valence-electron chi connectivity index (χ4n) is 3.40. The van der Waals surface area contributed by atoms with Crippen LogP contribution in [0.1, 0.15) is 34.8 Å². The monoisotopic (exact) mass is 384 g/mol.